The molecule has 0 saturated carbocycles. The van der Waals surface area contributed by atoms with Gasteiger partial charge in [0.25, 0.3) is 5.91 Å². The van der Waals surface area contributed by atoms with Crippen LogP contribution in [0.15, 0.2) is 53.4 Å². The summed E-state index contributed by atoms with van der Waals surface area (Å²) in [6, 6.07) is 12.7. The molecule has 1 atom stereocenters. The van der Waals surface area contributed by atoms with Crippen LogP contribution in [0, 0.1) is 6.92 Å². The lowest BCUT2D eigenvalue weighted by molar-refractivity contribution is -0.153. The average Bonchev–Trinajstić information content (AvgIpc) is 2.63. The van der Waals surface area contributed by atoms with Gasteiger partial charge in [0.05, 0.1) is 17.9 Å². The highest BCUT2D eigenvalue weighted by Gasteiger charge is 2.18. The predicted octanol–water partition coefficient (Wildman–Crippen LogP) is 1.98. The van der Waals surface area contributed by atoms with Gasteiger partial charge in [0.1, 0.15) is 5.75 Å². The number of sulfonamides is 1. The van der Waals surface area contributed by atoms with Crippen LogP contribution >= 0.6 is 0 Å². The van der Waals surface area contributed by atoms with Crippen molar-refractivity contribution in [3.63, 3.8) is 0 Å². The highest BCUT2D eigenvalue weighted by Crippen LogP contribution is 2.14. The number of amides is 1. The Hall–Kier alpha value is -2.91. The van der Waals surface area contributed by atoms with Crippen molar-refractivity contribution in [2.24, 2.45) is 5.14 Å². The van der Waals surface area contributed by atoms with Crippen molar-refractivity contribution in [1.82, 2.24) is 0 Å². The molecule has 0 aliphatic rings. The molecule has 0 unspecified atom stereocenters. The number of benzene rings is 2. The van der Waals surface area contributed by atoms with Crippen molar-refractivity contribution >= 4 is 27.6 Å². The minimum absolute atomic E-state index is 0.00540. The zero-order valence-electron chi connectivity index (χ0n) is 15.5. The van der Waals surface area contributed by atoms with Crippen LogP contribution in [0.1, 0.15) is 18.9 Å². The molecule has 2 rings (SSSR count). The Morgan fingerprint density at radius 2 is 1.68 bits per heavy atom. The maximum atomic E-state index is 12.1. The molecule has 1 amide bonds. The molecule has 0 radical (unpaired) electrons. The monoisotopic (exact) mass is 406 g/mol. The standard InChI is InChI=1S/C19H22N2O6S/c1-13-3-7-16(8-4-13)26-12-11-18(22)27-14(2)19(23)21-15-5-9-17(10-6-15)28(20,24)25/h3-10,14H,11-12H2,1-2H3,(H,21,23)(H2,20,24,25)/t14-/m1/s1. The van der Waals surface area contributed by atoms with E-state index in [1.807, 2.05) is 19.1 Å². The first-order chi connectivity index (χ1) is 13.1. The number of nitrogens with two attached hydrogens (primary N) is 1. The van der Waals surface area contributed by atoms with Gasteiger partial charge in [-0.1, -0.05) is 17.7 Å². The molecule has 2 aromatic carbocycles. The number of esters is 1. The summed E-state index contributed by atoms with van der Waals surface area (Å²) in [7, 11) is -3.81. The number of ether oxygens (including phenoxy) is 2. The third-order valence-corrected chi connectivity index (χ3v) is 4.65. The number of hydrogen-bond acceptors (Lipinski definition) is 6. The molecule has 0 aliphatic heterocycles. The molecule has 0 bridgehead atoms. The highest BCUT2D eigenvalue weighted by atomic mass is 32.2. The zero-order valence-corrected chi connectivity index (χ0v) is 16.4. The van der Waals surface area contributed by atoms with E-state index >= 15 is 0 Å². The first kappa shape index (κ1) is 21.4. The second kappa shape index (κ2) is 9.34. The Morgan fingerprint density at radius 3 is 2.25 bits per heavy atom. The number of carbonyl (C=O) groups is 2. The summed E-state index contributed by atoms with van der Waals surface area (Å²) in [4.78, 5) is 23.9. The van der Waals surface area contributed by atoms with Crippen LogP contribution in [-0.2, 0) is 24.3 Å². The van der Waals surface area contributed by atoms with Crippen LogP contribution in [-0.4, -0.2) is 33.0 Å². The van der Waals surface area contributed by atoms with E-state index < -0.39 is 28.0 Å². The fraction of sp³-hybridized carbons (Fsp3) is 0.263. The number of hydrogen-bond donors (Lipinski definition) is 2. The smallest absolute Gasteiger partial charge is 0.310 e. The van der Waals surface area contributed by atoms with Gasteiger partial charge in [-0.05, 0) is 50.2 Å². The Kier molecular flexibility index (Phi) is 7.13. The van der Waals surface area contributed by atoms with Gasteiger partial charge in [-0.3, -0.25) is 9.59 Å². The Morgan fingerprint density at radius 1 is 1.07 bits per heavy atom. The lowest BCUT2D eigenvalue weighted by Gasteiger charge is -2.14. The normalized spacial score (nSPS) is 12.1. The minimum atomic E-state index is -3.81. The summed E-state index contributed by atoms with van der Waals surface area (Å²) >= 11 is 0. The second-order valence-electron chi connectivity index (χ2n) is 6.10. The van der Waals surface area contributed by atoms with E-state index in [-0.39, 0.29) is 17.9 Å². The van der Waals surface area contributed by atoms with E-state index in [1.165, 1.54) is 31.2 Å². The topological polar surface area (TPSA) is 125 Å². The number of anilines is 1. The van der Waals surface area contributed by atoms with Crippen LogP contribution in [0.3, 0.4) is 0 Å². The molecule has 0 heterocycles. The Balaban J connectivity index is 1.77. The summed E-state index contributed by atoms with van der Waals surface area (Å²) in [5.74, 6) is -0.470. The van der Waals surface area contributed by atoms with E-state index in [2.05, 4.69) is 5.32 Å². The van der Waals surface area contributed by atoms with E-state index in [9.17, 15) is 18.0 Å². The molecule has 9 heteroatoms. The van der Waals surface area contributed by atoms with Crippen molar-refractivity contribution in [3.05, 3.63) is 54.1 Å². The van der Waals surface area contributed by atoms with Crippen molar-refractivity contribution in [1.29, 1.82) is 0 Å². The van der Waals surface area contributed by atoms with E-state index in [0.717, 1.165) is 5.56 Å². The third kappa shape index (κ3) is 6.67. The zero-order chi connectivity index (χ0) is 20.7. The Bertz CT molecular complexity index is 924. The molecule has 150 valence electrons. The molecule has 0 saturated heterocycles. The maximum absolute atomic E-state index is 12.1. The fourth-order valence-corrected chi connectivity index (χ4v) is 2.68. The van der Waals surface area contributed by atoms with Crippen molar-refractivity contribution < 1.29 is 27.5 Å². The molecule has 0 spiro atoms. The average molecular weight is 406 g/mol. The lowest BCUT2D eigenvalue weighted by Crippen LogP contribution is -2.30. The number of rotatable bonds is 8. The van der Waals surface area contributed by atoms with Gasteiger partial charge < -0.3 is 14.8 Å². The van der Waals surface area contributed by atoms with Gasteiger partial charge in [0, 0.05) is 5.69 Å². The SMILES string of the molecule is Cc1ccc(OCCC(=O)O[C@H](C)C(=O)Nc2ccc(S(N)(=O)=O)cc2)cc1. The predicted molar refractivity (Wildman–Crippen MR) is 103 cm³/mol. The van der Waals surface area contributed by atoms with Gasteiger partial charge in [-0.25, -0.2) is 13.6 Å². The van der Waals surface area contributed by atoms with Crippen LogP contribution in [0.2, 0.25) is 0 Å². The summed E-state index contributed by atoms with van der Waals surface area (Å²) in [5.41, 5.74) is 1.45. The molecule has 0 aromatic heterocycles. The molecule has 2 aromatic rings. The number of primary sulfonamides is 1. The number of carbonyl (C=O) groups excluding carboxylic acids is 2. The van der Waals surface area contributed by atoms with Gasteiger partial charge in [0.15, 0.2) is 6.10 Å². The summed E-state index contributed by atoms with van der Waals surface area (Å²) in [6.45, 7) is 3.53. The van der Waals surface area contributed by atoms with Crippen LogP contribution in [0.5, 0.6) is 5.75 Å². The summed E-state index contributed by atoms with van der Waals surface area (Å²) in [6.07, 6.45) is -1.03. The van der Waals surface area contributed by atoms with E-state index in [1.54, 1.807) is 12.1 Å². The molecular weight excluding hydrogens is 384 g/mol. The summed E-state index contributed by atoms with van der Waals surface area (Å²) in [5, 5.41) is 7.54. The molecule has 3 N–H and O–H groups in total. The maximum Gasteiger partial charge on any atom is 0.310 e. The Labute approximate surface area is 163 Å². The van der Waals surface area contributed by atoms with Crippen LogP contribution in [0.25, 0.3) is 0 Å². The summed E-state index contributed by atoms with van der Waals surface area (Å²) < 4.78 is 32.9. The van der Waals surface area contributed by atoms with Gasteiger partial charge >= 0.3 is 5.97 Å². The number of aryl methyl sites for hydroxylation is 1. The first-order valence-corrected chi connectivity index (χ1v) is 10.0. The molecule has 28 heavy (non-hydrogen) atoms. The van der Waals surface area contributed by atoms with E-state index in [0.29, 0.717) is 11.4 Å². The second-order valence-corrected chi connectivity index (χ2v) is 7.66. The quantitative estimate of drug-likeness (QED) is 0.646. The van der Waals surface area contributed by atoms with Crippen LogP contribution in [0.4, 0.5) is 5.69 Å². The van der Waals surface area contributed by atoms with Gasteiger partial charge in [-0.2, -0.15) is 0 Å². The van der Waals surface area contributed by atoms with Gasteiger partial charge in [-0.15, -0.1) is 0 Å². The highest BCUT2D eigenvalue weighted by molar-refractivity contribution is 7.89. The van der Waals surface area contributed by atoms with Crippen LogP contribution < -0.4 is 15.2 Å². The largest absolute Gasteiger partial charge is 0.493 e. The van der Waals surface area contributed by atoms with Crippen molar-refractivity contribution in [2.45, 2.75) is 31.3 Å². The first-order valence-electron chi connectivity index (χ1n) is 8.48. The molecular formula is C19H22N2O6S. The lowest BCUT2D eigenvalue weighted by atomic mass is 10.2. The molecule has 0 aliphatic carbocycles. The molecule has 0 fully saturated rings. The third-order valence-electron chi connectivity index (χ3n) is 3.72. The van der Waals surface area contributed by atoms with E-state index in [4.69, 9.17) is 14.6 Å². The number of nitrogens with one attached hydrogen (secondary N) is 1. The minimum Gasteiger partial charge on any atom is -0.493 e. The van der Waals surface area contributed by atoms with Gasteiger partial charge in [0.2, 0.25) is 10.0 Å². The fourth-order valence-electron chi connectivity index (χ4n) is 2.17. The van der Waals surface area contributed by atoms with Crippen molar-refractivity contribution in [3.8, 4) is 5.75 Å². The van der Waals surface area contributed by atoms with Crippen molar-refractivity contribution in [2.75, 3.05) is 11.9 Å². The molecule has 8 nitrogen and oxygen atoms in total.